The van der Waals surface area contributed by atoms with Crippen LogP contribution in [0.25, 0.3) is 22.2 Å². The maximum Gasteiger partial charge on any atom is 0.236 e. The molecule has 0 N–H and O–H groups in total. The molecule has 0 saturated carbocycles. The summed E-state index contributed by atoms with van der Waals surface area (Å²) in [6.45, 7) is 0.409. The van der Waals surface area contributed by atoms with Gasteiger partial charge in [-0.25, -0.2) is 4.98 Å². The van der Waals surface area contributed by atoms with Crippen LogP contribution in [0.2, 0.25) is 0 Å². The summed E-state index contributed by atoms with van der Waals surface area (Å²) in [4.78, 5) is 6.96. The Kier molecular flexibility index (Phi) is 3.76. The summed E-state index contributed by atoms with van der Waals surface area (Å²) in [5.74, 6) is 1.18. The molecule has 1 aromatic carbocycles. The summed E-state index contributed by atoms with van der Waals surface area (Å²) in [5, 5.41) is 14.6. The topological polar surface area (TPSA) is 69.6 Å². The minimum absolute atomic E-state index is 0.409. The van der Waals surface area contributed by atoms with Gasteiger partial charge >= 0.3 is 0 Å². The van der Waals surface area contributed by atoms with Gasteiger partial charge in [0.05, 0.1) is 4.88 Å². The molecule has 23 heavy (non-hydrogen) atoms. The second-order valence-electron chi connectivity index (χ2n) is 4.74. The van der Waals surface area contributed by atoms with Crippen molar-refractivity contribution in [3.05, 3.63) is 58.2 Å². The lowest BCUT2D eigenvalue weighted by molar-refractivity contribution is 0.550. The highest BCUT2D eigenvalue weighted by Gasteiger charge is 2.12. The predicted octanol–water partition coefficient (Wildman–Crippen LogP) is 3.87. The normalized spacial score (nSPS) is 11.0. The fourth-order valence-corrected chi connectivity index (χ4v) is 3.22. The Morgan fingerprint density at radius 2 is 2.09 bits per heavy atom. The van der Waals surface area contributed by atoms with Gasteiger partial charge in [-0.3, -0.25) is 0 Å². The van der Waals surface area contributed by atoms with Gasteiger partial charge in [-0.05, 0) is 28.8 Å². The lowest BCUT2D eigenvalue weighted by Crippen LogP contribution is -2.04. The molecule has 3 heterocycles. The third-order valence-electron chi connectivity index (χ3n) is 3.15. The first-order valence-corrected chi connectivity index (χ1v) is 8.48. The number of hydrogen-bond donors (Lipinski definition) is 0. The van der Waals surface area contributed by atoms with E-state index in [2.05, 4.69) is 36.3 Å². The van der Waals surface area contributed by atoms with Crippen LogP contribution in [0, 0.1) is 0 Å². The standard InChI is InChI=1S/C15H10BrN5OS/c16-12-5-2-1-4-11(12)14-18-20-21(19-14)8-10-9-22-15(17-10)13-6-3-7-23-13/h1-7,9H,8H2. The van der Waals surface area contributed by atoms with E-state index in [1.54, 1.807) is 17.6 Å². The summed E-state index contributed by atoms with van der Waals surface area (Å²) in [6.07, 6.45) is 1.62. The number of tetrazole rings is 1. The third kappa shape index (κ3) is 2.95. The van der Waals surface area contributed by atoms with Crippen LogP contribution in [0.5, 0.6) is 0 Å². The zero-order valence-electron chi connectivity index (χ0n) is 11.8. The van der Waals surface area contributed by atoms with Gasteiger partial charge in [-0.2, -0.15) is 4.80 Å². The molecule has 0 atom stereocenters. The molecule has 0 saturated heterocycles. The molecule has 0 bridgehead atoms. The Bertz CT molecular complexity index is 931. The van der Waals surface area contributed by atoms with E-state index in [4.69, 9.17) is 4.42 Å². The van der Waals surface area contributed by atoms with E-state index in [0.29, 0.717) is 18.3 Å². The van der Waals surface area contributed by atoms with Crippen molar-refractivity contribution >= 4 is 27.3 Å². The zero-order valence-corrected chi connectivity index (χ0v) is 14.2. The van der Waals surface area contributed by atoms with Crippen LogP contribution < -0.4 is 0 Å². The number of thiophene rings is 1. The highest BCUT2D eigenvalue weighted by atomic mass is 79.9. The van der Waals surface area contributed by atoms with Gasteiger partial charge in [0.1, 0.15) is 18.5 Å². The zero-order chi connectivity index (χ0) is 15.6. The second kappa shape index (κ2) is 6.05. The SMILES string of the molecule is Brc1ccccc1-c1nnn(Cc2coc(-c3cccs3)n2)n1. The Morgan fingerprint density at radius 1 is 1.17 bits per heavy atom. The molecule has 0 aliphatic carbocycles. The van der Waals surface area contributed by atoms with E-state index in [1.165, 1.54) is 4.80 Å². The van der Waals surface area contributed by atoms with Crippen molar-refractivity contribution < 1.29 is 4.42 Å². The van der Waals surface area contributed by atoms with Crippen LogP contribution in [0.15, 0.2) is 56.9 Å². The molecular weight excluding hydrogens is 378 g/mol. The molecule has 6 nitrogen and oxygen atoms in total. The third-order valence-corrected chi connectivity index (χ3v) is 4.70. The molecule has 0 spiro atoms. The summed E-state index contributed by atoms with van der Waals surface area (Å²) in [7, 11) is 0. The van der Waals surface area contributed by atoms with Gasteiger partial charge in [-0.15, -0.1) is 21.5 Å². The van der Waals surface area contributed by atoms with Gasteiger partial charge in [0.15, 0.2) is 0 Å². The van der Waals surface area contributed by atoms with Crippen molar-refractivity contribution in [1.29, 1.82) is 0 Å². The maximum absolute atomic E-state index is 5.49. The van der Waals surface area contributed by atoms with Gasteiger partial charge in [0.2, 0.25) is 11.7 Å². The Balaban J connectivity index is 1.55. The monoisotopic (exact) mass is 387 g/mol. The number of nitrogens with zero attached hydrogens (tertiary/aromatic N) is 5. The van der Waals surface area contributed by atoms with E-state index in [-0.39, 0.29) is 0 Å². The molecule has 8 heteroatoms. The second-order valence-corrected chi connectivity index (χ2v) is 6.55. The summed E-state index contributed by atoms with van der Waals surface area (Å²) in [6, 6.07) is 11.7. The molecule has 4 aromatic rings. The number of aromatic nitrogens is 5. The number of hydrogen-bond acceptors (Lipinski definition) is 6. The van der Waals surface area contributed by atoms with Crippen molar-refractivity contribution in [2.45, 2.75) is 6.54 Å². The molecule has 0 radical (unpaired) electrons. The Morgan fingerprint density at radius 3 is 2.91 bits per heavy atom. The predicted molar refractivity (Wildman–Crippen MR) is 89.9 cm³/mol. The smallest absolute Gasteiger partial charge is 0.236 e. The van der Waals surface area contributed by atoms with E-state index < -0.39 is 0 Å². The highest BCUT2D eigenvalue weighted by molar-refractivity contribution is 9.10. The average molecular weight is 388 g/mol. The fraction of sp³-hybridized carbons (Fsp3) is 0.0667. The van der Waals surface area contributed by atoms with Crippen LogP contribution in [-0.2, 0) is 6.54 Å². The first-order valence-electron chi connectivity index (χ1n) is 6.80. The number of rotatable bonds is 4. The lowest BCUT2D eigenvalue weighted by Gasteiger charge is -1.97. The summed E-state index contributed by atoms with van der Waals surface area (Å²) < 4.78 is 6.43. The van der Waals surface area contributed by atoms with E-state index in [0.717, 1.165) is 20.6 Å². The molecule has 0 fully saturated rings. The molecule has 3 aromatic heterocycles. The van der Waals surface area contributed by atoms with Crippen LogP contribution in [0.4, 0.5) is 0 Å². The molecular formula is C15H10BrN5OS. The molecule has 0 unspecified atom stereocenters. The first kappa shape index (κ1) is 14.3. The van der Waals surface area contributed by atoms with Crippen molar-refractivity contribution in [2.75, 3.05) is 0 Å². The van der Waals surface area contributed by atoms with Crippen LogP contribution in [0.1, 0.15) is 5.69 Å². The highest BCUT2D eigenvalue weighted by Crippen LogP contribution is 2.25. The lowest BCUT2D eigenvalue weighted by atomic mass is 10.2. The largest absolute Gasteiger partial charge is 0.443 e. The first-order chi connectivity index (χ1) is 11.3. The van der Waals surface area contributed by atoms with Gasteiger partial charge in [0.25, 0.3) is 0 Å². The van der Waals surface area contributed by atoms with Crippen molar-refractivity contribution in [2.24, 2.45) is 0 Å². The average Bonchev–Trinajstić information content (AvgIpc) is 3.29. The maximum atomic E-state index is 5.49. The molecule has 0 aliphatic rings. The molecule has 0 amide bonds. The quantitative estimate of drug-likeness (QED) is 0.531. The minimum Gasteiger partial charge on any atom is -0.443 e. The number of benzene rings is 1. The van der Waals surface area contributed by atoms with Crippen LogP contribution in [-0.4, -0.2) is 25.2 Å². The van der Waals surface area contributed by atoms with Gasteiger partial charge in [0, 0.05) is 10.0 Å². The van der Waals surface area contributed by atoms with Gasteiger partial charge in [-0.1, -0.05) is 34.1 Å². The van der Waals surface area contributed by atoms with Crippen LogP contribution >= 0.6 is 27.3 Å². The van der Waals surface area contributed by atoms with E-state index in [9.17, 15) is 0 Å². The van der Waals surface area contributed by atoms with E-state index in [1.807, 2.05) is 41.8 Å². The number of halogens is 1. The van der Waals surface area contributed by atoms with Crippen molar-refractivity contribution in [1.82, 2.24) is 25.2 Å². The molecule has 4 rings (SSSR count). The van der Waals surface area contributed by atoms with Crippen molar-refractivity contribution in [3.8, 4) is 22.2 Å². The molecule has 114 valence electrons. The minimum atomic E-state index is 0.409. The number of oxazole rings is 1. The van der Waals surface area contributed by atoms with Crippen molar-refractivity contribution in [3.63, 3.8) is 0 Å². The molecule has 0 aliphatic heterocycles. The Labute approximate surface area is 143 Å². The van der Waals surface area contributed by atoms with Gasteiger partial charge < -0.3 is 4.42 Å². The van der Waals surface area contributed by atoms with Crippen LogP contribution in [0.3, 0.4) is 0 Å². The summed E-state index contributed by atoms with van der Waals surface area (Å²) in [5.41, 5.74) is 1.66. The fourth-order valence-electron chi connectivity index (χ4n) is 2.10. The van der Waals surface area contributed by atoms with E-state index >= 15 is 0 Å². The Hall–Kier alpha value is -2.32. The summed E-state index contributed by atoms with van der Waals surface area (Å²) >= 11 is 5.08.